The van der Waals surface area contributed by atoms with Crippen LogP contribution in [0.25, 0.3) is 11.0 Å². The number of H-pyrrole nitrogens is 1. The van der Waals surface area contributed by atoms with Crippen LogP contribution in [0.5, 0.6) is 11.5 Å². The lowest BCUT2D eigenvalue weighted by Crippen LogP contribution is -1.85. The molecule has 1 N–H and O–H groups in total. The third kappa shape index (κ3) is 2.71. The van der Waals surface area contributed by atoms with Gasteiger partial charge in [0.25, 0.3) is 0 Å². The van der Waals surface area contributed by atoms with Gasteiger partial charge in [-0.15, -0.1) is 0 Å². The number of fused-ring (bicyclic) bond motifs is 1. The van der Waals surface area contributed by atoms with Crippen molar-refractivity contribution in [1.29, 1.82) is 0 Å². The van der Waals surface area contributed by atoms with E-state index in [1.54, 1.807) is 12.1 Å². The zero-order valence-corrected chi connectivity index (χ0v) is 12.6. The van der Waals surface area contributed by atoms with Gasteiger partial charge < -0.3 is 9.72 Å². The van der Waals surface area contributed by atoms with E-state index in [0.29, 0.717) is 27.3 Å². The molecule has 0 aliphatic heterocycles. The van der Waals surface area contributed by atoms with Gasteiger partial charge >= 0.3 is 0 Å². The van der Waals surface area contributed by atoms with E-state index in [9.17, 15) is 0 Å². The predicted molar refractivity (Wildman–Crippen MR) is 80.3 cm³/mol. The Morgan fingerprint density at radius 2 is 1.84 bits per heavy atom. The number of nitrogens with zero attached hydrogens (tertiary/aromatic N) is 1. The summed E-state index contributed by atoms with van der Waals surface area (Å²) >= 11 is 15.3. The molecular weight excluding hydrogens is 351 g/mol. The van der Waals surface area contributed by atoms with Gasteiger partial charge in [-0.1, -0.05) is 27.5 Å². The van der Waals surface area contributed by atoms with E-state index in [1.165, 1.54) is 0 Å². The minimum atomic E-state index is 0.326. The van der Waals surface area contributed by atoms with Crippen LogP contribution in [0.1, 0.15) is 0 Å². The summed E-state index contributed by atoms with van der Waals surface area (Å²) in [6.07, 6.45) is 0. The van der Waals surface area contributed by atoms with Crippen LogP contribution in [0.15, 0.2) is 40.9 Å². The minimum Gasteiger partial charge on any atom is -0.456 e. The minimum absolute atomic E-state index is 0.326. The summed E-state index contributed by atoms with van der Waals surface area (Å²) in [6.45, 7) is 0. The Hall–Kier alpha value is -1.23. The number of rotatable bonds is 2. The zero-order chi connectivity index (χ0) is 13.4. The molecule has 19 heavy (non-hydrogen) atoms. The lowest BCUT2D eigenvalue weighted by Gasteiger charge is -2.07. The standard InChI is InChI=1S/C13H7BrCl2N2O/c14-7-1-3-8(4-2-7)19-12-6-11-10(5-9(12)15)17-13(16)18-11/h1-6H,(H,17,18). The van der Waals surface area contributed by atoms with Crippen molar-refractivity contribution in [3.05, 3.63) is 51.2 Å². The molecule has 1 heterocycles. The molecule has 0 bridgehead atoms. The molecule has 3 rings (SSSR count). The molecule has 96 valence electrons. The van der Waals surface area contributed by atoms with Crippen molar-refractivity contribution in [1.82, 2.24) is 9.97 Å². The van der Waals surface area contributed by atoms with Gasteiger partial charge in [0, 0.05) is 10.5 Å². The first-order valence-electron chi connectivity index (χ1n) is 5.40. The van der Waals surface area contributed by atoms with Crippen LogP contribution in [-0.4, -0.2) is 9.97 Å². The second kappa shape index (κ2) is 5.04. The van der Waals surface area contributed by atoms with E-state index in [4.69, 9.17) is 27.9 Å². The van der Waals surface area contributed by atoms with Gasteiger partial charge in [0.1, 0.15) is 11.5 Å². The molecule has 0 unspecified atom stereocenters. The maximum absolute atomic E-state index is 6.17. The van der Waals surface area contributed by atoms with E-state index in [1.807, 2.05) is 24.3 Å². The summed E-state index contributed by atoms with van der Waals surface area (Å²) in [7, 11) is 0. The van der Waals surface area contributed by atoms with Crippen LogP contribution < -0.4 is 4.74 Å². The molecule has 3 nitrogen and oxygen atoms in total. The maximum atomic E-state index is 6.17. The highest BCUT2D eigenvalue weighted by atomic mass is 79.9. The highest BCUT2D eigenvalue weighted by Crippen LogP contribution is 2.33. The highest BCUT2D eigenvalue weighted by Gasteiger charge is 2.09. The molecule has 0 spiro atoms. The molecule has 0 aliphatic carbocycles. The monoisotopic (exact) mass is 356 g/mol. The Kier molecular flexibility index (Phi) is 3.39. The van der Waals surface area contributed by atoms with Crippen LogP contribution >= 0.6 is 39.1 Å². The van der Waals surface area contributed by atoms with Gasteiger partial charge in [-0.3, -0.25) is 0 Å². The lowest BCUT2D eigenvalue weighted by atomic mass is 10.3. The maximum Gasteiger partial charge on any atom is 0.201 e. The highest BCUT2D eigenvalue weighted by molar-refractivity contribution is 9.10. The Labute approximate surface area is 127 Å². The first kappa shape index (κ1) is 12.8. The normalized spacial score (nSPS) is 10.9. The van der Waals surface area contributed by atoms with Crippen LogP contribution in [0.3, 0.4) is 0 Å². The van der Waals surface area contributed by atoms with Gasteiger partial charge in [0.15, 0.2) is 0 Å². The number of halogens is 3. The average Bonchev–Trinajstić information content (AvgIpc) is 2.72. The molecule has 0 amide bonds. The van der Waals surface area contributed by atoms with E-state index in [-0.39, 0.29) is 0 Å². The van der Waals surface area contributed by atoms with E-state index in [0.717, 1.165) is 9.99 Å². The van der Waals surface area contributed by atoms with E-state index < -0.39 is 0 Å². The summed E-state index contributed by atoms with van der Waals surface area (Å²) in [5, 5.41) is 0.822. The molecule has 6 heteroatoms. The number of ether oxygens (including phenoxy) is 1. The molecule has 2 aromatic carbocycles. The quantitative estimate of drug-likeness (QED) is 0.664. The van der Waals surface area contributed by atoms with E-state index >= 15 is 0 Å². The Morgan fingerprint density at radius 3 is 2.58 bits per heavy atom. The number of nitrogens with one attached hydrogen (secondary N) is 1. The fourth-order valence-corrected chi connectivity index (χ4v) is 2.35. The van der Waals surface area contributed by atoms with Crippen molar-refractivity contribution in [2.75, 3.05) is 0 Å². The summed E-state index contributed by atoms with van der Waals surface area (Å²) in [4.78, 5) is 7.04. The lowest BCUT2D eigenvalue weighted by molar-refractivity contribution is 0.483. The van der Waals surface area contributed by atoms with Crippen molar-refractivity contribution in [3.63, 3.8) is 0 Å². The molecule has 1 aromatic heterocycles. The van der Waals surface area contributed by atoms with Crippen LogP contribution in [0.2, 0.25) is 10.3 Å². The average molecular weight is 358 g/mol. The zero-order valence-electron chi connectivity index (χ0n) is 9.45. The number of aromatic nitrogens is 2. The molecular formula is C13H7BrCl2N2O. The first-order valence-corrected chi connectivity index (χ1v) is 6.95. The second-order valence-corrected chi connectivity index (χ2v) is 5.56. The number of hydrogen-bond acceptors (Lipinski definition) is 2. The Morgan fingerprint density at radius 1 is 1.11 bits per heavy atom. The first-order chi connectivity index (χ1) is 9.11. The fourth-order valence-electron chi connectivity index (χ4n) is 1.69. The topological polar surface area (TPSA) is 37.9 Å². The molecule has 0 radical (unpaired) electrons. The van der Waals surface area contributed by atoms with Gasteiger partial charge in [-0.25, -0.2) is 4.98 Å². The summed E-state index contributed by atoms with van der Waals surface area (Å²) < 4.78 is 6.72. The summed E-state index contributed by atoms with van der Waals surface area (Å²) in [5.41, 5.74) is 1.49. The van der Waals surface area contributed by atoms with Crippen molar-refractivity contribution in [2.45, 2.75) is 0 Å². The van der Waals surface area contributed by atoms with Crippen molar-refractivity contribution >= 4 is 50.2 Å². The summed E-state index contributed by atoms with van der Waals surface area (Å²) in [6, 6.07) is 11.0. The third-order valence-electron chi connectivity index (χ3n) is 2.55. The largest absolute Gasteiger partial charge is 0.456 e. The SMILES string of the molecule is Clc1nc2cc(Oc3ccc(Br)cc3)c(Cl)cc2[nH]1. The second-order valence-electron chi connectivity index (χ2n) is 3.88. The van der Waals surface area contributed by atoms with Crippen molar-refractivity contribution in [2.24, 2.45) is 0 Å². The number of aromatic amines is 1. The van der Waals surface area contributed by atoms with Gasteiger partial charge in [-0.2, -0.15) is 0 Å². The van der Waals surface area contributed by atoms with Crippen LogP contribution in [0.4, 0.5) is 0 Å². The molecule has 3 aromatic rings. The van der Waals surface area contributed by atoms with Crippen molar-refractivity contribution in [3.8, 4) is 11.5 Å². The fraction of sp³-hybridized carbons (Fsp3) is 0. The van der Waals surface area contributed by atoms with Crippen LogP contribution in [-0.2, 0) is 0 Å². The molecule has 0 saturated heterocycles. The predicted octanol–water partition coefficient (Wildman–Crippen LogP) is 5.42. The molecule has 0 fully saturated rings. The van der Waals surface area contributed by atoms with Gasteiger partial charge in [0.05, 0.1) is 16.1 Å². The van der Waals surface area contributed by atoms with Gasteiger partial charge in [0.2, 0.25) is 5.28 Å². The van der Waals surface area contributed by atoms with E-state index in [2.05, 4.69) is 25.9 Å². The Balaban J connectivity index is 1.99. The van der Waals surface area contributed by atoms with Crippen LogP contribution in [0, 0.1) is 0 Å². The molecule has 0 aliphatic rings. The number of benzene rings is 2. The summed E-state index contributed by atoms with van der Waals surface area (Å²) in [5.74, 6) is 1.24. The third-order valence-corrected chi connectivity index (χ3v) is 3.55. The molecule has 0 saturated carbocycles. The number of imidazole rings is 1. The number of hydrogen-bond donors (Lipinski definition) is 1. The van der Waals surface area contributed by atoms with Gasteiger partial charge in [-0.05, 0) is 41.9 Å². The Bertz CT molecular complexity index is 740. The smallest absolute Gasteiger partial charge is 0.201 e. The molecule has 0 atom stereocenters. The van der Waals surface area contributed by atoms with Crippen molar-refractivity contribution < 1.29 is 4.74 Å².